The van der Waals surface area contributed by atoms with Crippen LogP contribution in [-0.2, 0) is 10.8 Å². The Hall–Kier alpha value is -1.48. The van der Waals surface area contributed by atoms with Crippen LogP contribution in [0.5, 0.6) is 0 Å². The Labute approximate surface area is 103 Å². The van der Waals surface area contributed by atoms with Gasteiger partial charge in [-0.3, -0.25) is 4.21 Å². The minimum absolute atomic E-state index is 0.0957. The third-order valence-electron chi connectivity index (χ3n) is 2.64. The lowest BCUT2D eigenvalue weighted by Gasteiger charge is -2.11. The standard InChI is InChI=1S/C14H13FOS/c1-11(12-5-3-2-4-6-12)17(16)14-9-7-13(15)8-10-14/h2-11H,1H3. The van der Waals surface area contributed by atoms with Crippen LogP contribution in [0.1, 0.15) is 17.7 Å². The van der Waals surface area contributed by atoms with Crippen LogP contribution in [0.15, 0.2) is 59.5 Å². The van der Waals surface area contributed by atoms with Crippen molar-refractivity contribution in [3.05, 3.63) is 66.0 Å². The molecule has 0 saturated carbocycles. The molecule has 1 nitrogen and oxygen atoms in total. The monoisotopic (exact) mass is 248 g/mol. The van der Waals surface area contributed by atoms with E-state index in [9.17, 15) is 8.60 Å². The van der Waals surface area contributed by atoms with Crippen molar-refractivity contribution in [2.75, 3.05) is 0 Å². The Balaban J connectivity index is 2.23. The van der Waals surface area contributed by atoms with E-state index in [4.69, 9.17) is 0 Å². The first-order valence-corrected chi connectivity index (χ1v) is 6.61. The van der Waals surface area contributed by atoms with Crippen LogP contribution in [-0.4, -0.2) is 4.21 Å². The second-order valence-electron chi connectivity index (χ2n) is 3.80. The largest absolute Gasteiger partial charge is 0.254 e. The van der Waals surface area contributed by atoms with Crippen molar-refractivity contribution in [1.82, 2.24) is 0 Å². The smallest absolute Gasteiger partial charge is 0.123 e. The number of rotatable bonds is 3. The van der Waals surface area contributed by atoms with Crippen LogP contribution in [0.3, 0.4) is 0 Å². The summed E-state index contributed by atoms with van der Waals surface area (Å²) in [6.07, 6.45) is 0. The highest BCUT2D eigenvalue weighted by Crippen LogP contribution is 2.24. The van der Waals surface area contributed by atoms with E-state index in [1.165, 1.54) is 12.1 Å². The molecule has 0 aliphatic heterocycles. The Morgan fingerprint density at radius 1 is 1.00 bits per heavy atom. The molecule has 0 spiro atoms. The first-order valence-electron chi connectivity index (χ1n) is 5.39. The predicted octanol–water partition coefficient (Wildman–Crippen LogP) is 3.69. The van der Waals surface area contributed by atoms with Gasteiger partial charge in [-0.25, -0.2) is 4.39 Å². The number of hydrogen-bond acceptors (Lipinski definition) is 1. The van der Waals surface area contributed by atoms with Crippen LogP contribution in [0, 0.1) is 5.82 Å². The molecule has 0 aliphatic carbocycles. The molecule has 2 atom stereocenters. The van der Waals surface area contributed by atoms with Gasteiger partial charge < -0.3 is 0 Å². The molecule has 0 aliphatic rings. The summed E-state index contributed by atoms with van der Waals surface area (Å²) in [5.74, 6) is -0.307. The average molecular weight is 248 g/mol. The second-order valence-corrected chi connectivity index (χ2v) is 5.58. The lowest BCUT2D eigenvalue weighted by atomic mass is 10.2. The number of benzene rings is 2. The van der Waals surface area contributed by atoms with Crippen molar-refractivity contribution in [2.24, 2.45) is 0 Å². The van der Waals surface area contributed by atoms with Crippen LogP contribution in [0.2, 0.25) is 0 Å². The minimum Gasteiger partial charge on any atom is -0.254 e. The second kappa shape index (κ2) is 5.23. The van der Waals surface area contributed by atoms with Crippen molar-refractivity contribution in [3.63, 3.8) is 0 Å². The summed E-state index contributed by atoms with van der Waals surface area (Å²) in [7, 11) is -1.15. The van der Waals surface area contributed by atoms with Crippen LogP contribution >= 0.6 is 0 Å². The highest BCUT2D eigenvalue weighted by molar-refractivity contribution is 7.85. The summed E-state index contributed by atoms with van der Waals surface area (Å²) in [6.45, 7) is 1.91. The zero-order chi connectivity index (χ0) is 12.3. The van der Waals surface area contributed by atoms with Crippen molar-refractivity contribution in [3.8, 4) is 0 Å². The molecule has 0 fully saturated rings. The van der Waals surface area contributed by atoms with Crippen molar-refractivity contribution in [1.29, 1.82) is 0 Å². The molecule has 0 radical (unpaired) electrons. The molecule has 0 aromatic heterocycles. The van der Waals surface area contributed by atoms with E-state index >= 15 is 0 Å². The van der Waals surface area contributed by atoms with Gasteiger partial charge in [0, 0.05) is 4.90 Å². The maximum absolute atomic E-state index is 12.8. The minimum atomic E-state index is -1.15. The molecule has 0 heterocycles. The highest BCUT2D eigenvalue weighted by Gasteiger charge is 2.14. The molecule has 3 heteroatoms. The fourth-order valence-electron chi connectivity index (χ4n) is 1.62. The molecule has 2 unspecified atom stereocenters. The molecule has 2 aromatic carbocycles. The van der Waals surface area contributed by atoms with Crippen LogP contribution in [0.4, 0.5) is 4.39 Å². The summed E-state index contributed by atoms with van der Waals surface area (Å²) in [5.41, 5.74) is 1.02. The molecule has 88 valence electrons. The molecule has 0 N–H and O–H groups in total. The average Bonchev–Trinajstić information content (AvgIpc) is 2.39. The van der Waals surface area contributed by atoms with E-state index in [-0.39, 0.29) is 11.1 Å². The molecule has 0 bridgehead atoms. The summed E-state index contributed by atoms with van der Waals surface area (Å²) in [4.78, 5) is 0.655. The van der Waals surface area contributed by atoms with Gasteiger partial charge in [0.1, 0.15) is 5.82 Å². The van der Waals surface area contributed by atoms with E-state index in [0.29, 0.717) is 4.90 Å². The summed E-state index contributed by atoms with van der Waals surface area (Å²) in [6, 6.07) is 15.5. The Bertz CT molecular complexity index is 508. The van der Waals surface area contributed by atoms with Crippen molar-refractivity contribution < 1.29 is 8.60 Å². The quantitative estimate of drug-likeness (QED) is 0.809. The van der Waals surface area contributed by atoms with Gasteiger partial charge in [0.25, 0.3) is 0 Å². The van der Waals surface area contributed by atoms with Gasteiger partial charge in [0.15, 0.2) is 0 Å². The maximum atomic E-state index is 12.8. The summed E-state index contributed by atoms with van der Waals surface area (Å²) in [5, 5.41) is -0.0957. The molecule has 0 amide bonds. The molecular weight excluding hydrogens is 235 g/mol. The molecular formula is C14H13FOS. The maximum Gasteiger partial charge on any atom is 0.123 e. The fraction of sp³-hybridized carbons (Fsp3) is 0.143. The van der Waals surface area contributed by atoms with Gasteiger partial charge in [0.05, 0.1) is 16.0 Å². The zero-order valence-electron chi connectivity index (χ0n) is 9.47. The van der Waals surface area contributed by atoms with E-state index in [1.54, 1.807) is 12.1 Å². The molecule has 17 heavy (non-hydrogen) atoms. The lowest BCUT2D eigenvalue weighted by Crippen LogP contribution is -2.02. The van der Waals surface area contributed by atoms with Gasteiger partial charge in [-0.15, -0.1) is 0 Å². The predicted molar refractivity (Wildman–Crippen MR) is 67.7 cm³/mol. The van der Waals surface area contributed by atoms with Crippen LogP contribution < -0.4 is 0 Å². The van der Waals surface area contributed by atoms with Gasteiger partial charge in [-0.2, -0.15) is 0 Å². The van der Waals surface area contributed by atoms with Gasteiger partial charge in [-0.1, -0.05) is 30.3 Å². The van der Waals surface area contributed by atoms with E-state index in [2.05, 4.69) is 0 Å². The van der Waals surface area contributed by atoms with E-state index in [1.807, 2.05) is 37.3 Å². The van der Waals surface area contributed by atoms with Gasteiger partial charge in [0.2, 0.25) is 0 Å². The number of halogens is 1. The van der Waals surface area contributed by atoms with Gasteiger partial charge >= 0.3 is 0 Å². The van der Waals surface area contributed by atoms with E-state index in [0.717, 1.165) is 5.56 Å². The lowest BCUT2D eigenvalue weighted by molar-refractivity contribution is 0.626. The third-order valence-corrected chi connectivity index (χ3v) is 4.29. The zero-order valence-corrected chi connectivity index (χ0v) is 10.3. The third kappa shape index (κ3) is 2.80. The Morgan fingerprint density at radius 3 is 2.18 bits per heavy atom. The summed E-state index contributed by atoms with van der Waals surface area (Å²) >= 11 is 0. The van der Waals surface area contributed by atoms with Crippen molar-refractivity contribution >= 4 is 10.8 Å². The first kappa shape index (κ1) is 12.0. The SMILES string of the molecule is CC(c1ccccc1)S(=O)c1ccc(F)cc1. The Kier molecular flexibility index (Phi) is 3.69. The fourth-order valence-corrected chi connectivity index (χ4v) is 2.84. The molecule has 0 saturated heterocycles. The first-order chi connectivity index (χ1) is 8.18. The van der Waals surface area contributed by atoms with Crippen molar-refractivity contribution in [2.45, 2.75) is 17.1 Å². The topological polar surface area (TPSA) is 17.1 Å². The molecule has 2 rings (SSSR count). The number of hydrogen-bond donors (Lipinski definition) is 0. The highest BCUT2D eigenvalue weighted by atomic mass is 32.2. The normalized spacial score (nSPS) is 14.2. The molecule has 2 aromatic rings. The summed E-state index contributed by atoms with van der Waals surface area (Å²) < 4.78 is 25.0. The van der Waals surface area contributed by atoms with Crippen LogP contribution in [0.25, 0.3) is 0 Å². The Morgan fingerprint density at radius 2 is 1.59 bits per heavy atom. The van der Waals surface area contributed by atoms with E-state index < -0.39 is 10.8 Å². The van der Waals surface area contributed by atoms with Gasteiger partial charge in [-0.05, 0) is 36.8 Å².